The SMILES string of the molecule is [CH2]CCNC(=O)Cc1c[nH]cn1. The lowest BCUT2D eigenvalue weighted by atomic mass is 10.3. The second-order valence-electron chi connectivity index (χ2n) is 2.44. The van der Waals surface area contributed by atoms with E-state index in [2.05, 4.69) is 22.2 Å². The highest BCUT2D eigenvalue weighted by Crippen LogP contribution is 1.91. The summed E-state index contributed by atoms with van der Waals surface area (Å²) in [7, 11) is 0. The third kappa shape index (κ3) is 2.74. The maximum atomic E-state index is 11.1. The Morgan fingerprint density at radius 3 is 3.17 bits per heavy atom. The summed E-state index contributed by atoms with van der Waals surface area (Å²) in [6.45, 7) is 4.25. The van der Waals surface area contributed by atoms with Gasteiger partial charge in [-0.05, 0) is 6.42 Å². The van der Waals surface area contributed by atoms with Gasteiger partial charge in [0, 0.05) is 12.7 Å². The molecule has 0 atom stereocenters. The Morgan fingerprint density at radius 2 is 2.58 bits per heavy atom. The molecule has 0 saturated carbocycles. The number of hydrogen-bond acceptors (Lipinski definition) is 2. The van der Waals surface area contributed by atoms with Crippen LogP contribution in [0.3, 0.4) is 0 Å². The number of aromatic amines is 1. The number of nitrogens with one attached hydrogen (secondary N) is 2. The average molecular weight is 166 g/mol. The number of H-pyrrole nitrogens is 1. The number of nitrogens with zero attached hydrogens (tertiary/aromatic N) is 1. The Hall–Kier alpha value is -1.32. The Balaban J connectivity index is 2.27. The molecule has 1 heterocycles. The number of imidazole rings is 1. The van der Waals surface area contributed by atoms with Crippen LogP contribution in [-0.4, -0.2) is 22.4 Å². The molecule has 1 radical (unpaired) electrons. The van der Waals surface area contributed by atoms with Crippen LogP contribution in [0.1, 0.15) is 12.1 Å². The van der Waals surface area contributed by atoms with Crippen molar-refractivity contribution in [3.63, 3.8) is 0 Å². The predicted octanol–water partition coefficient (Wildman–Crippen LogP) is 0.293. The number of hydrogen-bond donors (Lipinski definition) is 2. The molecule has 1 aromatic rings. The maximum Gasteiger partial charge on any atom is 0.226 e. The molecular weight excluding hydrogens is 154 g/mol. The quantitative estimate of drug-likeness (QED) is 0.675. The van der Waals surface area contributed by atoms with Crippen molar-refractivity contribution in [2.75, 3.05) is 6.54 Å². The molecule has 0 unspecified atom stereocenters. The Morgan fingerprint density at radius 1 is 1.75 bits per heavy atom. The molecule has 0 fully saturated rings. The van der Waals surface area contributed by atoms with Crippen molar-refractivity contribution >= 4 is 5.91 Å². The number of amides is 1. The molecule has 0 aromatic carbocycles. The second kappa shape index (κ2) is 4.54. The number of aromatic nitrogens is 2. The number of carbonyl (C=O) groups excluding carboxylic acids is 1. The van der Waals surface area contributed by atoms with Gasteiger partial charge in [0.1, 0.15) is 0 Å². The first kappa shape index (κ1) is 8.77. The normalized spacial score (nSPS) is 9.75. The maximum absolute atomic E-state index is 11.1. The van der Waals surface area contributed by atoms with Crippen molar-refractivity contribution in [3.05, 3.63) is 25.1 Å². The summed E-state index contributed by atoms with van der Waals surface area (Å²) in [5.41, 5.74) is 0.761. The monoisotopic (exact) mass is 166 g/mol. The van der Waals surface area contributed by atoms with Crippen molar-refractivity contribution < 1.29 is 4.79 Å². The van der Waals surface area contributed by atoms with Crippen LogP contribution >= 0.6 is 0 Å². The molecule has 1 aromatic heterocycles. The molecule has 4 heteroatoms. The molecule has 0 saturated heterocycles. The van der Waals surface area contributed by atoms with E-state index in [0.29, 0.717) is 19.4 Å². The third-order valence-electron chi connectivity index (χ3n) is 1.40. The van der Waals surface area contributed by atoms with Crippen LogP contribution < -0.4 is 5.32 Å². The van der Waals surface area contributed by atoms with Gasteiger partial charge in [-0.25, -0.2) is 4.98 Å². The standard InChI is InChI=1S/C8H12N3O/c1-2-3-10-8(12)4-7-5-9-6-11-7/h5-6H,1-4H2,(H,9,11)(H,10,12). The lowest BCUT2D eigenvalue weighted by Crippen LogP contribution is -2.25. The van der Waals surface area contributed by atoms with Crippen LogP contribution in [-0.2, 0) is 11.2 Å². The van der Waals surface area contributed by atoms with Crippen molar-refractivity contribution in [2.24, 2.45) is 0 Å². The van der Waals surface area contributed by atoms with Crippen LogP contribution in [0.5, 0.6) is 0 Å². The molecule has 2 N–H and O–H groups in total. The first-order chi connectivity index (χ1) is 5.83. The fourth-order valence-corrected chi connectivity index (χ4v) is 0.842. The Labute approximate surface area is 71.4 Å². The molecule has 65 valence electrons. The van der Waals surface area contributed by atoms with Crippen molar-refractivity contribution in [2.45, 2.75) is 12.8 Å². The van der Waals surface area contributed by atoms with E-state index < -0.39 is 0 Å². The van der Waals surface area contributed by atoms with Gasteiger partial charge < -0.3 is 10.3 Å². The van der Waals surface area contributed by atoms with E-state index in [9.17, 15) is 4.79 Å². The summed E-state index contributed by atoms with van der Waals surface area (Å²) in [5.74, 6) is -0.00856. The van der Waals surface area contributed by atoms with E-state index in [-0.39, 0.29) is 5.91 Å². The lowest BCUT2D eigenvalue weighted by molar-refractivity contribution is -0.120. The van der Waals surface area contributed by atoms with Crippen molar-refractivity contribution in [3.8, 4) is 0 Å². The Kier molecular flexibility index (Phi) is 3.32. The van der Waals surface area contributed by atoms with Gasteiger partial charge in [0.15, 0.2) is 0 Å². The molecule has 12 heavy (non-hydrogen) atoms. The fourth-order valence-electron chi connectivity index (χ4n) is 0.842. The molecule has 0 aliphatic carbocycles. The minimum Gasteiger partial charge on any atom is -0.356 e. The minimum atomic E-state index is -0.00856. The van der Waals surface area contributed by atoms with Gasteiger partial charge in [-0.15, -0.1) is 0 Å². The van der Waals surface area contributed by atoms with E-state index in [1.54, 1.807) is 12.5 Å². The highest BCUT2D eigenvalue weighted by atomic mass is 16.1. The van der Waals surface area contributed by atoms with Gasteiger partial charge in [-0.2, -0.15) is 0 Å². The third-order valence-corrected chi connectivity index (χ3v) is 1.40. The van der Waals surface area contributed by atoms with Gasteiger partial charge >= 0.3 is 0 Å². The Bertz CT molecular complexity index is 230. The summed E-state index contributed by atoms with van der Waals surface area (Å²) in [5, 5.41) is 2.72. The first-order valence-electron chi connectivity index (χ1n) is 3.86. The van der Waals surface area contributed by atoms with E-state index in [0.717, 1.165) is 5.69 Å². The van der Waals surface area contributed by atoms with Crippen LogP contribution in [0.4, 0.5) is 0 Å². The molecule has 0 aliphatic heterocycles. The largest absolute Gasteiger partial charge is 0.356 e. The highest BCUT2D eigenvalue weighted by molar-refractivity contribution is 5.77. The van der Waals surface area contributed by atoms with E-state index in [4.69, 9.17) is 0 Å². The molecule has 0 bridgehead atoms. The van der Waals surface area contributed by atoms with Crippen molar-refractivity contribution in [1.29, 1.82) is 0 Å². The number of carbonyl (C=O) groups is 1. The first-order valence-corrected chi connectivity index (χ1v) is 3.86. The van der Waals surface area contributed by atoms with Crippen LogP contribution in [0.2, 0.25) is 0 Å². The van der Waals surface area contributed by atoms with Crippen LogP contribution in [0, 0.1) is 6.92 Å². The van der Waals surface area contributed by atoms with Crippen LogP contribution in [0.15, 0.2) is 12.5 Å². The summed E-state index contributed by atoms with van der Waals surface area (Å²) in [6, 6.07) is 0. The average Bonchev–Trinajstić information content (AvgIpc) is 2.53. The number of rotatable bonds is 4. The smallest absolute Gasteiger partial charge is 0.226 e. The molecule has 1 amide bonds. The van der Waals surface area contributed by atoms with Gasteiger partial charge in [0.2, 0.25) is 5.91 Å². The topological polar surface area (TPSA) is 57.8 Å². The predicted molar refractivity (Wildman–Crippen MR) is 45.3 cm³/mol. The van der Waals surface area contributed by atoms with E-state index in [1.807, 2.05) is 0 Å². The minimum absolute atomic E-state index is 0.00856. The van der Waals surface area contributed by atoms with E-state index >= 15 is 0 Å². The summed E-state index contributed by atoms with van der Waals surface area (Å²) >= 11 is 0. The van der Waals surface area contributed by atoms with Gasteiger partial charge in [0.05, 0.1) is 18.4 Å². The molecule has 0 spiro atoms. The zero-order valence-electron chi connectivity index (χ0n) is 6.84. The summed E-state index contributed by atoms with van der Waals surface area (Å²) < 4.78 is 0. The van der Waals surface area contributed by atoms with Gasteiger partial charge in [-0.3, -0.25) is 4.79 Å². The molecule has 4 nitrogen and oxygen atoms in total. The van der Waals surface area contributed by atoms with Gasteiger partial charge in [-0.1, -0.05) is 6.92 Å². The molecule has 0 aliphatic rings. The molecular formula is C8H12N3O. The second-order valence-corrected chi connectivity index (χ2v) is 2.44. The van der Waals surface area contributed by atoms with E-state index in [1.165, 1.54) is 0 Å². The van der Waals surface area contributed by atoms with Crippen molar-refractivity contribution in [1.82, 2.24) is 15.3 Å². The van der Waals surface area contributed by atoms with Gasteiger partial charge in [0.25, 0.3) is 0 Å². The highest BCUT2D eigenvalue weighted by Gasteiger charge is 2.02. The van der Waals surface area contributed by atoms with Crippen LogP contribution in [0.25, 0.3) is 0 Å². The molecule has 1 rings (SSSR count). The summed E-state index contributed by atoms with van der Waals surface area (Å²) in [4.78, 5) is 17.8. The lowest BCUT2D eigenvalue weighted by Gasteiger charge is -1.99. The zero-order valence-corrected chi connectivity index (χ0v) is 6.84. The zero-order chi connectivity index (χ0) is 8.81. The summed E-state index contributed by atoms with van der Waals surface area (Å²) in [6.07, 6.45) is 4.32. The fraction of sp³-hybridized carbons (Fsp3) is 0.375.